The zero-order valence-corrected chi connectivity index (χ0v) is 13.2. The minimum Gasteiger partial charge on any atom is -0.398 e. The fourth-order valence-corrected chi connectivity index (χ4v) is 2.80. The largest absolute Gasteiger partial charge is 0.398 e. The predicted octanol–water partition coefficient (Wildman–Crippen LogP) is 4.81. The van der Waals surface area contributed by atoms with Crippen LogP contribution in [0, 0.1) is 13.8 Å². The summed E-state index contributed by atoms with van der Waals surface area (Å²) in [5, 5.41) is 0. The molecule has 0 spiro atoms. The Morgan fingerprint density at radius 2 is 1.74 bits per heavy atom. The molecular weight excluding hydrogens is 300 g/mol. The lowest BCUT2D eigenvalue weighted by Gasteiger charge is -2.27. The van der Waals surface area contributed by atoms with Crippen molar-refractivity contribution in [2.45, 2.75) is 20.8 Å². The highest BCUT2D eigenvalue weighted by Gasteiger charge is 2.13. The first-order valence-corrected chi connectivity index (χ1v) is 7.22. The van der Waals surface area contributed by atoms with Crippen LogP contribution in [-0.4, -0.2) is 6.54 Å². The maximum Gasteiger partial charge on any atom is 0.0559 e. The zero-order valence-electron chi connectivity index (χ0n) is 11.6. The maximum absolute atomic E-state index is 5.95. The lowest BCUT2D eigenvalue weighted by Crippen LogP contribution is -2.18. The fraction of sp³-hybridized carbons (Fsp3) is 0.250. The number of nitrogens with two attached hydrogens (primary N) is 1. The average Bonchev–Trinajstić information content (AvgIpc) is 2.38. The molecule has 0 radical (unpaired) electrons. The van der Waals surface area contributed by atoms with Gasteiger partial charge in [-0.3, -0.25) is 0 Å². The first-order valence-electron chi connectivity index (χ1n) is 6.43. The summed E-state index contributed by atoms with van der Waals surface area (Å²) in [6.07, 6.45) is 0. The zero-order chi connectivity index (χ0) is 14.0. The summed E-state index contributed by atoms with van der Waals surface area (Å²) >= 11 is 3.62. The predicted molar refractivity (Wildman–Crippen MR) is 87.2 cm³/mol. The smallest absolute Gasteiger partial charge is 0.0559 e. The molecule has 0 unspecified atom stereocenters. The molecule has 2 aromatic carbocycles. The molecule has 0 aliphatic carbocycles. The quantitative estimate of drug-likeness (QED) is 0.823. The van der Waals surface area contributed by atoms with Crippen molar-refractivity contribution in [2.75, 3.05) is 17.2 Å². The molecular formula is C16H19BrN2. The van der Waals surface area contributed by atoms with E-state index >= 15 is 0 Å². The van der Waals surface area contributed by atoms with Gasteiger partial charge in [0.15, 0.2) is 0 Å². The Balaban J connectivity index is 2.55. The maximum atomic E-state index is 5.95. The molecule has 0 aliphatic rings. The number of benzene rings is 2. The van der Waals surface area contributed by atoms with Crippen LogP contribution in [0.3, 0.4) is 0 Å². The standard InChI is InChI=1S/C16H19BrN2/c1-4-19(15-8-6-5-7-11(15)2)16-9-12(3)14(18)10-13(16)17/h5-10H,4,18H2,1-3H3. The fourth-order valence-electron chi connectivity index (χ4n) is 2.23. The molecule has 0 saturated heterocycles. The van der Waals surface area contributed by atoms with Crippen molar-refractivity contribution >= 4 is 33.0 Å². The van der Waals surface area contributed by atoms with Crippen LogP contribution in [0.5, 0.6) is 0 Å². The number of anilines is 3. The number of nitrogens with zero attached hydrogens (tertiary/aromatic N) is 1. The van der Waals surface area contributed by atoms with Crippen LogP contribution >= 0.6 is 15.9 Å². The normalized spacial score (nSPS) is 10.5. The van der Waals surface area contributed by atoms with Crippen LogP contribution in [0.2, 0.25) is 0 Å². The molecule has 2 aromatic rings. The first-order chi connectivity index (χ1) is 9.04. The third-order valence-electron chi connectivity index (χ3n) is 3.35. The third-order valence-corrected chi connectivity index (χ3v) is 3.98. The van der Waals surface area contributed by atoms with Gasteiger partial charge in [0.1, 0.15) is 0 Å². The Morgan fingerprint density at radius 3 is 2.37 bits per heavy atom. The minimum absolute atomic E-state index is 0.816. The molecule has 2 nitrogen and oxygen atoms in total. The van der Waals surface area contributed by atoms with Crippen molar-refractivity contribution < 1.29 is 0 Å². The summed E-state index contributed by atoms with van der Waals surface area (Å²) in [5.74, 6) is 0. The molecule has 2 N–H and O–H groups in total. The number of hydrogen-bond donors (Lipinski definition) is 1. The number of rotatable bonds is 3. The first kappa shape index (κ1) is 13.9. The van der Waals surface area contributed by atoms with E-state index in [9.17, 15) is 0 Å². The van der Waals surface area contributed by atoms with Gasteiger partial charge in [0, 0.05) is 22.4 Å². The van der Waals surface area contributed by atoms with E-state index in [0.717, 1.165) is 28.0 Å². The second-order valence-corrected chi connectivity index (χ2v) is 5.55. The summed E-state index contributed by atoms with van der Waals surface area (Å²) in [6, 6.07) is 12.5. The van der Waals surface area contributed by atoms with E-state index in [-0.39, 0.29) is 0 Å². The van der Waals surface area contributed by atoms with Gasteiger partial charge >= 0.3 is 0 Å². The van der Waals surface area contributed by atoms with Crippen molar-refractivity contribution in [2.24, 2.45) is 0 Å². The SMILES string of the molecule is CCN(c1ccccc1C)c1cc(C)c(N)cc1Br. The Labute approximate surface area is 123 Å². The van der Waals surface area contributed by atoms with Crippen LogP contribution in [0.4, 0.5) is 17.1 Å². The summed E-state index contributed by atoms with van der Waals surface area (Å²) in [6.45, 7) is 7.24. The average molecular weight is 319 g/mol. The minimum atomic E-state index is 0.816. The van der Waals surface area contributed by atoms with Crippen molar-refractivity contribution in [3.63, 3.8) is 0 Å². The van der Waals surface area contributed by atoms with E-state index in [1.165, 1.54) is 11.3 Å². The molecule has 19 heavy (non-hydrogen) atoms. The number of aryl methyl sites for hydroxylation is 2. The van der Waals surface area contributed by atoms with E-state index in [4.69, 9.17) is 5.73 Å². The van der Waals surface area contributed by atoms with E-state index in [2.05, 4.69) is 65.0 Å². The summed E-state index contributed by atoms with van der Waals surface area (Å²) in [4.78, 5) is 2.30. The van der Waals surface area contributed by atoms with Crippen LogP contribution in [0.1, 0.15) is 18.1 Å². The van der Waals surface area contributed by atoms with Crippen molar-refractivity contribution in [3.05, 3.63) is 52.0 Å². The van der Waals surface area contributed by atoms with Gasteiger partial charge in [-0.25, -0.2) is 0 Å². The molecule has 0 saturated carbocycles. The molecule has 0 aromatic heterocycles. The number of nitrogen functional groups attached to an aromatic ring is 1. The molecule has 100 valence electrons. The van der Waals surface area contributed by atoms with E-state index in [0.29, 0.717) is 0 Å². The molecule has 3 heteroatoms. The topological polar surface area (TPSA) is 29.3 Å². The molecule has 0 atom stereocenters. The molecule has 0 amide bonds. The third kappa shape index (κ3) is 2.76. The highest BCUT2D eigenvalue weighted by atomic mass is 79.9. The molecule has 0 fully saturated rings. The Bertz CT molecular complexity index is 593. The van der Waals surface area contributed by atoms with Crippen LogP contribution in [0.15, 0.2) is 40.9 Å². The van der Waals surface area contributed by atoms with Gasteiger partial charge in [0.05, 0.1) is 5.69 Å². The monoisotopic (exact) mass is 318 g/mol. The van der Waals surface area contributed by atoms with Gasteiger partial charge in [-0.05, 0) is 66.0 Å². The highest BCUT2D eigenvalue weighted by molar-refractivity contribution is 9.10. The van der Waals surface area contributed by atoms with Crippen molar-refractivity contribution in [1.82, 2.24) is 0 Å². The molecule has 0 heterocycles. The van der Waals surface area contributed by atoms with E-state index < -0.39 is 0 Å². The summed E-state index contributed by atoms with van der Waals surface area (Å²) in [7, 11) is 0. The van der Waals surface area contributed by atoms with E-state index in [1.807, 2.05) is 13.0 Å². The number of hydrogen-bond acceptors (Lipinski definition) is 2. The van der Waals surface area contributed by atoms with Crippen molar-refractivity contribution in [1.29, 1.82) is 0 Å². The lowest BCUT2D eigenvalue weighted by molar-refractivity contribution is 1.01. The van der Waals surface area contributed by atoms with Gasteiger partial charge in [0.25, 0.3) is 0 Å². The van der Waals surface area contributed by atoms with Gasteiger partial charge in [-0.15, -0.1) is 0 Å². The van der Waals surface area contributed by atoms with Gasteiger partial charge < -0.3 is 10.6 Å². The second-order valence-electron chi connectivity index (χ2n) is 4.69. The van der Waals surface area contributed by atoms with Crippen molar-refractivity contribution in [3.8, 4) is 0 Å². The van der Waals surface area contributed by atoms with Gasteiger partial charge in [0.2, 0.25) is 0 Å². The van der Waals surface area contributed by atoms with E-state index in [1.54, 1.807) is 0 Å². The molecule has 2 rings (SSSR count). The summed E-state index contributed by atoms with van der Waals surface area (Å²) in [5.41, 5.74) is 11.5. The molecule has 0 aliphatic heterocycles. The van der Waals surface area contributed by atoms with Gasteiger partial charge in [-0.2, -0.15) is 0 Å². The van der Waals surface area contributed by atoms with Crippen LogP contribution < -0.4 is 10.6 Å². The second kappa shape index (κ2) is 5.66. The Morgan fingerprint density at radius 1 is 1.05 bits per heavy atom. The lowest BCUT2D eigenvalue weighted by atomic mass is 10.1. The van der Waals surface area contributed by atoms with Crippen LogP contribution in [0.25, 0.3) is 0 Å². The summed E-state index contributed by atoms with van der Waals surface area (Å²) < 4.78 is 1.03. The van der Waals surface area contributed by atoms with Crippen LogP contribution in [-0.2, 0) is 0 Å². The highest BCUT2D eigenvalue weighted by Crippen LogP contribution is 2.36. The van der Waals surface area contributed by atoms with Gasteiger partial charge in [-0.1, -0.05) is 18.2 Å². The Hall–Kier alpha value is -1.48. The number of halogens is 1. The Kier molecular flexibility index (Phi) is 4.15. The number of para-hydroxylation sites is 1. The molecule has 0 bridgehead atoms.